The molecule has 0 saturated heterocycles. The van der Waals surface area contributed by atoms with E-state index in [9.17, 15) is 18.0 Å². The van der Waals surface area contributed by atoms with Gasteiger partial charge in [0.15, 0.2) is 5.78 Å². The molecule has 0 bridgehead atoms. The average Bonchev–Trinajstić information content (AvgIpc) is 1.99. The molecule has 0 fully saturated rings. The van der Waals surface area contributed by atoms with Crippen LogP contribution in [0.15, 0.2) is 18.2 Å². The third-order valence-corrected chi connectivity index (χ3v) is 1.87. The first-order valence-corrected chi connectivity index (χ1v) is 4.24. The van der Waals surface area contributed by atoms with E-state index in [4.69, 9.17) is 11.6 Å². The molecule has 6 heteroatoms. The largest absolute Gasteiger partial charge is 0.573 e. The SMILES string of the molecule is CC(=O)c1c(Cl)cccc1OC(F)(F)F. The van der Waals surface area contributed by atoms with Crippen molar-refractivity contribution in [3.8, 4) is 5.75 Å². The Morgan fingerprint density at radius 3 is 2.47 bits per heavy atom. The maximum absolute atomic E-state index is 11.9. The molecular weight excluding hydrogens is 233 g/mol. The van der Waals surface area contributed by atoms with Gasteiger partial charge in [-0.1, -0.05) is 17.7 Å². The second kappa shape index (κ2) is 4.10. The smallest absolute Gasteiger partial charge is 0.405 e. The number of halogens is 4. The monoisotopic (exact) mass is 238 g/mol. The highest BCUT2D eigenvalue weighted by Gasteiger charge is 2.33. The molecule has 0 aliphatic carbocycles. The van der Waals surface area contributed by atoms with Crippen molar-refractivity contribution >= 4 is 17.4 Å². The number of alkyl halides is 3. The number of rotatable bonds is 2. The van der Waals surface area contributed by atoms with Crippen LogP contribution in [0.25, 0.3) is 0 Å². The first-order valence-electron chi connectivity index (χ1n) is 3.86. The Morgan fingerprint density at radius 2 is 2.00 bits per heavy atom. The van der Waals surface area contributed by atoms with Gasteiger partial charge in [-0.3, -0.25) is 4.79 Å². The van der Waals surface area contributed by atoms with Crippen LogP contribution in [-0.2, 0) is 0 Å². The fourth-order valence-corrected chi connectivity index (χ4v) is 1.35. The molecule has 0 radical (unpaired) electrons. The molecule has 1 aromatic carbocycles. The number of benzene rings is 1. The van der Waals surface area contributed by atoms with Crippen LogP contribution in [0.5, 0.6) is 5.75 Å². The van der Waals surface area contributed by atoms with Gasteiger partial charge in [-0.15, -0.1) is 13.2 Å². The van der Waals surface area contributed by atoms with Crippen molar-refractivity contribution in [1.29, 1.82) is 0 Å². The van der Waals surface area contributed by atoms with Crippen molar-refractivity contribution in [3.05, 3.63) is 28.8 Å². The van der Waals surface area contributed by atoms with Crippen LogP contribution < -0.4 is 4.74 Å². The van der Waals surface area contributed by atoms with Crippen LogP contribution in [-0.4, -0.2) is 12.1 Å². The van der Waals surface area contributed by atoms with E-state index in [0.717, 1.165) is 13.0 Å². The maximum Gasteiger partial charge on any atom is 0.573 e. The molecule has 0 heterocycles. The van der Waals surface area contributed by atoms with Crippen LogP contribution >= 0.6 is 11.6 Å². The van der Waals surface area contributed by atoms with E-state index in [1.807, 2.05) is 0 Å². The van der Waals surface area contributed by atoms with Crippen molar-refractivity contribution in [2.75, 3.05) is 0 Å². The Bertz CT molecular complexity index is 387. The van der Waals surface area contributed by atoms with Gasteiger partial charge in [-0.2, -0.15) is 0 Å². The molecule has 0 aliphatic rings. The predicted molar refractivity (Wildman–Crippen MR) is 48.1 cm³/mol. The van der Waals surface area contributed by atoms with Gasteiger partial charge >= 0.3 is 6.36 Å². The molecule has 0 amide bonds. The Morgan fingerprint density at radius 1 is 1.40 bits per heavy atom. The van der Waals surface area contributed by atoms with Gasteiger partial charge < -0.3 is 4.74 Å². The van der Waals surface area contributed by atoms with Gasteiger partial charge in [0.25, 0.3) is 0 Å². The third-order valence-electron chi connectivity index (χ3n) is 1.55. The molecule has 0 aromatic heterocycles. The first-order chi connectivity index (χ1) is 6.81. The summed E-state index contributed by atoms with van der Waals surface area (Å²) in [6.07, 6.45) is -4.84. The molecule has 82 valence electrons. The number of Topliss-reactive ketones (excluding diaryl/α,β-unsaturated/α-hetero) is 1. The first kappa shape index (κ1) is 11.8. The zero-order valence-electron chi connectivity index (χ0n) is 7.56. The van der Waals surface area contributed by atoms with Crippen molar-refractivity contribution in [3.63, 3.8) is 0 Å². The summed E-state index contributed by atoms with van der Waals surface area (Å²) < 4.78 is 39.5. The minimum Gasteiger partial charge on any atom is -0.405 e. The summed E-state index contributed by atoms with van der Waals surface area (Å²) in [6.45, 7) is 1.12. The lowest BCUT2D eigenvalue weighted by Gasteiger charge is -2.12. The standard InChI is InChI=1S/C9H6ClF3O2/c1-5(14)8-6(10)3-2-4-7(8)15-9(11,12)13/h2-4H,1H3. The van der Waals surface area contributed by atoms with Crippen LogP contribution in [0.1, 0.15) is 17.3 Å². The van der Waals surface area contributed by atoms with E-state index in [-0.39, 0.29) is 10.6 Å². The van der Waals surface area contributed by atoms with E-state index < -0.39 is 17.9 Å². The third kappa shape index (κ3) is 3.13. The maximum atomic E-state index is 11.9. The molecule has 1 rings (SSSR count). The Kier molecular flexibility index (Phi) is 3.24. The second-order valence-corrected chi connectivity index (χ2v) is 3.12. The summed E-state index contributed by atoms with van der Waals surface area (Å²) in [5.74, 6) is -1.16. The normalized spacial score (nSPS) is 11.3. The lowest BCUT2D eigenvalue weighted by Crippen LogP contribution is -2.18. The zero-order chi connectivity index (χ0) is 11.6. The van der Waals surface area contributed by atoms with Crippen molar-refractivity contribution in [1.82, 2.24) is 0 Å². The van der Waals surface area contributed by atoms with E-state index in [2.05, 4.69) is 4.74 Å². The highest BCUT2D eigenvalue weighted by atomic mass is 35.5. The van der Waals surface area contributed by atoms with Crippen LogP contribution in [0, 0.1) is 0 Å². The molecule has 0 N–H and O–H groups in total. The molecule has 0 saturated carbocycles. The molecule has 0 unspecified atom stereocenters. The quantitative estimate of drug-likeness (QED) is 0.738. The topological polar surface area (TPSA) is 26.3 Å². The molecule has 15 heavy (non-hydrogen) atoms. The van der Waals surface area contributed by atoms with E-state index in [0.29, 0.717) is 0 Å². The summed E-state index contributed by atoms with van der Waals surface area (Å²) in [5, 5.41) is -0.0655. The van der Waals surface area contributed by atoms with Crippen LogP contribution in [0.2, 0.25) is 5.02 Å². The highest BCUT2D eigenvalue weighted by Crippen LogP contribution is 2.31. The van der Waals surface area contributed by atoms with Gasteiger partial charge in [0.1, 0.15) is 5.75 Å². The fraction of sp³-hybridized carbons (Fsp3) is 0.222. The van der Waals surface area contributed by atoms with Crippen LogP contribution in [0.4, 0.5) is 13.2 Å². The van der Waals surface area contributed by atoms with Gasteiger partial charge in [0, 0.05) is 0 Å². The molecule has 1 aromatic rings. The van der Waals surface area contributed by atoms with Crippen molar-refractivity contribution < 1.29 is 22.7 Å². The molecule has 0 atom stereocenters. The summed E-state index contributed by atoms with van der Waals surface area (Å²) in [7, 11) is 0. The van der Waals surface area contributed by atoms with E-state index >= 15 is 0 Å². The molecular formula is C9H6ClF3O2. The Balaban J connectivity index is 3.18. The summed E-state index contributed by atoms with van der Waals surface area (Å²) in [5.41, 5.74) is -0.267. The second-order valence-electron chi connectivity index (χ2n) is 2.72. The lowest BCUT2D eigenvalue weighted by molar-refractivity contribution is -0.274. The van der Waals surface area contributed by atoms with Gasteiger partial charge in [0.2, 0.25) is 0 Å². The number of hydrogen-bond donors (Lipinski definition) is 0. The fourth-order valence-electron chi connectivity index (χ4n) is 1.06. The van der Waals surface area contributed by atoms with Crippen molar-refractivity contribution in [2.24, 2.45) is 0 Å². The Labute approximate surface area is 88.6 Å². The molecule has 0 spiro atoms. The Hall–Kier alpha value is -1.23. The average molecular weight is 239 g/mol. The van der Waals surface area contributed by atoms with Crippen molar-refractivity contribution in [2.45, 2.75) is 13.3 Å². The minimum atomic E-state index is -4.84. The van der Waals surface area contributed by atoms with E-state index in [1.165, 1.54) is 12.1 Å². The van der Waals surface area contributed by atoms with Gasteiger partial charge in [-0.05, 0) is 19.1 Å². The highest BCUT2D eigenvalue weighted by molar-refractivity contribution is 6.34. The summed E-state index contributed by atoms with van der Waals surface area (Å²) in [6, 6.07) is 3.63. The van der Waals surface area contributed by atoms with E-state index in [1.54, 1.807) is 0 Å². The lowest BCUT2D eigenvalue weighted by atomic mass is 10.1. The number of carbonyl (C=O) groups is 1. The number of hydrogen-bond acceptors (Lipinski definition) is 2. The molecule has 0 aliphatic heterocycles. The zero-order valence-corrected chi connectivity index (χ0v) is 8.32. The summed E-state index contributed by atoms with van der Waals surface area (Å²) >= 11 is 5.59. The number of ether oxygens (including phenoxy) is 1. The molecule has 2 nitrogen and oxygen atoms in total. The summed E-state index contributed by atoms with van der Waals surface area (Å²) in [4.78, 5) is 11.0. The number of ketones is 1. The number of carbonyl (C=O) groups excluding carboxylic acids is 1. The van der Waals surface area contributed by atoms with Crippen LogP contribution in [0.3, 0.4) is 0 Å². The van der Waals surface area contributed by atoms with Gasteiger partial charge in [0.05, 0.1) is 10.6 Å². The minimum absolute atomic E-state index is 0.0655. The van der Waals surface area contributed by atoms with Gasteiger partial charge in [-0.25, -0.2) is 0 Å². The predicted octanol–water partition coefficient (Wildman–Crippen LogP) is 3.44.